The van der Waals surface area contributed by atoms with Crippen LogP contribution in [0.5, 0.6) is 5.75 Å². The predicted octanol–water partition coefficient (Wildman–Crippen LogP) is 3.97. The summed E-state index contributed by atoms with van der Waals surface area (Å²) >= 11 is 1.66. The summed E-state index contributed by atoms with van der Waals surface area (Å²) in [6, 6.07) is 14.9. The average Bonchev–Trinajstić information content (AvgIpc) is 3.17. The predicted molar refractivity (Wildman–Crippen MR) is 97.5 cm³/mol. The van der Waals surface area contributed by atoms with Crippen LogP contribution < -0.4 is 4.74 Å². The molecule has 3 rings (SSSR count). The highest BCUT2D eigenvalue weighted by Gasteiger charge is 2.18. The van der Waals surface area contributed by atoms with E-state index in [9.17, 15) is 4.79 Å². The molecule has 0 amide bonds. The van der Waals surface area contributed by atoms with E-state index in [1.54, 1.807) is 43.5 Å². The molecule has 0 aliphatic heterocycles. The molecule has 5 nitrogen and oxygen atoms in total. The second-order valence-corrected chi connectivity index (χ2v) is 6.50. The summed E-state index contributed by atoms with van der Waals surface area (Å²) in [5.41, 5.74) is 1.37. The minimum atomic E-state index is -0.915. The van der Waals surface area contributed by atoms with E-state index in [4.69, 9.17) is 9.84 Å². The average molecular weight is 354 g/mol. The SMILES string of the molecule is COc1ccccc1C(CSc1ccc(C(=O)O)cc1)n1ccnc1. The van der Waals surface area contributed by atoms with Crippen molar-refractivity contribution < 1.29 is 14.6 Å². The third kappa shape index (κ3) is 4.03. The maximum absolute atomic E-state index is 11.0. The van der Waals surface area contributed by atoms with Gasteiger partial charge in [0.05, 0.1) is 25.0 Å². The number of imidazole rings is 1. The van der Waals surface area contributed by atoms with Crippen molar-refractivity contribution in [2.24, 2.45) is 0 Å². The van der Waals surface area contributed by atoms with Crippen molar-refractivity contribution in [3.63, 3.8) is 0 Å². The molecule has 1 heterocycles. The van der Waals surface area contributed by atoms with Crippen LogP contribution in [-0.4, -0.2) is 33.5 Å². The summed E-state index contributed by atoms with van der Waals surface area (Å²) in [5.74, 6) is 0.688. The molecule has 1 atom stereocenters. The summed E-state index contributed by atoms with van der Waals surface area (Å²) in [5, 5.41) is 8.99. The summed E-state index contributed by atoms with van der Waals surface area (Å²) in [6.07, 6.45) is 5.49. The van der Waals surface area contributed by atoms with Crippen molar-refractivity contribution >= 4 is 17.7 Å². The summed E-state index contributed by atoms with van der Waals surface area (Å²) in [7, 11) is 1.67. The van der Waals surface area contributed by atoms with E-state index in [-0.39, 0.29) is 6.04 Å². The molecule has 0 saturated heterocycles. The lowest BCUT2D eigenvalue weighted by Gasteiger charge is -2.21. The maximum atomic E-state index is 11.0. The molecule has 2 aromatic carbocycles. The third-order valence-corrected chi connectivity index (χ3v) is 4.98. The molecule has 0 spiro atoms. The molecule has 25 heavy (non-hydrogen) atoms. The van der Waals surface area contributed by atoms with E-state index in [0.717, 1.165) is 22.0 Å². The second-order valence-electron chi connectivity index (χ2n) is 5.41. The van der Waals surface area contributed by atoms with Crippen LogP contribution in [0.15, 0.2) is 72.1 Å². The number of rotatable bonds is 7. The van der Waals surface area contributed by atoms with Gasteiger partial charge in [0.2, 0.25) is 0 Å². The van der Waals surface area contributed by atoms with E-state index in [1.807, 2.05) is 36.5 Å². The van der Waals surface area contributed by atoms with E-state index < -0.39 is 5.97 Å². The van der Waals surface area contributed by atoms with Gasteiger partial charge < -0.3 is 14.4 Å². The first-order chi connectivity index (χ1) is 12.2. The molecule has 6 heteroatoms. The van der Waals surface area contributed by atoms with Gasteiger partial charge in [0.25, 0.3) is 0 Å². The Morgan fingerprint density at radius 1 is 1.24 bits per heavy atom. The molecule has 0 aliphatic rings. The Morgan fingerprint density at radius 3 is 2.64 bits per heavy atom. The number of ether oxygens (including phenoxy) is 1. The van der Waals surface area contributed by atoms with Gasteiger partial charge in [-0.1, -0.05) is 18.2 Å². The number of carboxylic acid groups (broad SMARTS) is 1. The summed E-state index contributed by atoms with van der Waals surface area (Å²) in [4.78, 5) is 16.1. The first-order valence-electron chi connectivity index (χ1n) is 7.75. The first-order valence-corrected chi connectivity index (χ1v) is 8.74. The van der Waals surface area contributed by atoms with Crippen LogP contribution in [0.25, 0.3) is 0 Å². The first kappa shape index (κ1) is 17.1. The highest BCUT2D eigenvalue weighted by Crippen LogP contribution is 2.32. The molecule has 0 aliphatic carbocycles. The zero-order valence-electron chi connectivity index (χ0n) is 13.7. The van der Waals surface area contributed by atoms with Crippen LogP contribution in [0.3, 0.4) is 0 Å². The Hall–Kier alpha value is -2.73. The number of thioether (sulfide) groups is 1. The Bertz CT molecular complexity index is 832. The number of hydrogen-bond acceptors (Lipinski definition) is 4. The molecule has 3 aromatic rings. The molecular weight excluding hydrogens is 336 g/mol. The largest absolute Gasteiger partial charge is 0.496 e. The number of carboxylic acids is 1. The number of hydrogen-bond donors (Lipinski definition) is 1. The number of nitrogens with zero attached hydrogens (tertiary/aromatic N) is 2. The van der Waals surface area contributed by atoms with E-state index >= 15 is 0 Å². The van der Waals surface area contributed by atoms with Crippen LogP contribution >= 0.6 is 11.8 Å². The Labute approximate surface area is 150 Å². The van der Waals surface area contributed by atoms with Crippen LogP contribution in [0.2, 0.25) is 0 Å². The molecule has 128 valence electrons. The van der Waals surface area contributed by atoms with Gasteiger partial charge in [-0.15, -0.1) is 11.8 Å². The second kappa shape index (κ2) is 7.90. The van der Waals surface area contributed by atoms with Crippen LogP contribution in [0.1, 0.15) is 22.0 Å². The Kier molecular flexibility index (Phi) is 5.40. The maximum Gasteiger partial charge on any atom is 0.335 e. The van der Waals surface area contributed by atoms with E-state index in [0.29, 0.717) is 5.56 Å². The van der Waals surface area contributed by atoms with Crippen molar-refractivity contribution in [3.8, 4) is 5.75 Å². The van der Waals surface area contributed by atoms with Crippen molar-refractivity contribution in [2.75, 3.05) is 12.9 Å². The quantitative estimate of drug-likeness (QED) is 0.650. The van der Waals surface area contributed by atoms with Crippen molar-refractivity contribution in [3.05, 3.63) is 78.4 Å². The molecule has 0 saturated carbocycles. The van der Waals surface area contributed by atoms with E-state index in [1.165, 1.54) is 0 Å². The van der Waals surface area contributed by atoms with Gasteiger partial charge in [-0.05, 0) is 30.3 Å². The fourth-order valence-electron chi connectivity index (χ4n) is 2.60. The normalized spacial score (nSPS) is 11.9. The van der Waals surface area contributed by atoms with Gasteiger partial charge in [-0.3, -0.25) is 0 Å². The minimum absolute atomic E-state index is 0.0581. The lowest BCUT2D eigenvalue weighted by Crippen LogP contribution is -2.13. The topological polar surface area (TPSA) is 64.3 Å². The van der Waals surface area contributed by atoms with Gasteiger partial charge in [-0.25, -0.2) is 9.78 Å². The summed E-state index contributed by atoms with van der Waals surface area (Å²) < 4.78 is 7.56. The van der Waals surface area contributed by atoms with Gasteiger partial charge in [-0.2, -0.15) is 0 Å². The van der Waals surface area contributed by atoms with Crippen molar-refractivity contribution in [1.29, 1.82) is 0 Å². The van der Waals surface area contributed by atoms with Crippen LogP contribution in [0, 0.1) is 0 Å². The molecule has 1 aromatic heterocycles. The highest BCUT2D eigenvalue weighted by molar-refractivity contribution is 7.99. The lowest BCUT2D eigenvalue weighted by atomic mass is 10.1. The highest BCUT2D eigenvalue weighted by atomic mass is 32.2. The van der Waals surface area contributed by atoms with Gasteiger partial charge in [0.15, 0.2) is 0 Å². The van der Waals surface area contributed by atoms with Crippen molar-refractivity contribution in [2.45, 2.75) is 10.9 Å². The Morgan fingerprint density at radius 2 is 2.00 bits per heavy atom. The van der Waals surface area contributed by atoms with Crippen LogP contribution in [-0.2, 0) is 0 Å². The zero-order valence-corrected chi connectivity index (χ0v) is 14.5. The summed E-state index contributed by atoms with van der Waals surface area (Å²) in [6.45, 7) is 0. The van der Waals surface area contributed by atoms with Gasteiger partial charge >= 0.3 is 5.97 Å². The molecule has 0 bridgehead atoms. The molecule has 1 unspecified atom stereocenters. The van der Waals surface area contributed by atoms with Gasteiger partial charge in [0, 0.05) is 28.6 Å². The molecule has 0 fully saturated rings. The number of carbonyl (C=O) groups is 1. The lowest BCUT2D eigenvalue weighted by molar-refractivity contribution is 0.0697. The Balaban J connectivity index is 1.82. The number of aromatic nitrogens is 2. The number of aromatic carboxylic acids is 1. The van der Waals surface area contributed by atoms with Crippen LogP contribution in [0.4, 0.5) is 0 Å². The zero-order chi connectivity index (χ0) is 17.6. The standard InChI is InChI=1S/C19H18N2O3S/c1-24-18-5-3-2-4-16(18)17(21-11-10-20-13-21)12-25-15-8-6-14(7-9-15)19(22)23/h2-11,13,17H,12H2,1H3,(H,22,23). The smallest absolute Gasteiger partial charge is 0.335 e. The fraction of sp³-hybridized carbons (Fsp3) is 0.158. The van der Waals surface area contributed by atoms with Gasteiger partial charge in [0.1, 0.15) is 5.75 Å². The molecule has 1 N–H and O–H groups in total. The molecule has 0 radical (unpaired) electrons. The van der Waals surface area contributed by atoms with Crippen molar-refractivity contribution in [1.82, 2.24) is 9.55 Å². The number of para-hydroxylation sites is 1. The fourth-order valence-corrected chi connectivity index (χ4v) is 3.63. The monoisotopic (exact) mass is 354 g/mol. The van der Waals surface area contributed by atoms with E-state index in [2.05, 4.69) is 15.6 Å². The molecular formula is C19H18N2O3S. The number of benzene rings is 2. The minimum Gasteiger partial charge on any atom is -0.496 e. The number of methoxy groups -OCH3 is 1. The third-order valence-electron chi connectivity index (χ3n) is 3.89.